The number of ether oxygens (including phenoxy) is 2. The Morgan fingerprint density at radius 2 is 2.05 bits per heavy atom. The number of rotatable bonds is 9. The van der Waals surface area contributed by atoms with Gasteiger partial charge in [-0.2, -0.15) is 5.26 Å². The molecule has 0 saturated carbocycles. The number of pyridine rings is 1. The molecule has 0 aliphatic rings. The molecule has 3 aromatic rings. The molecule has 1 aromatic heterocycles. The molecule has 0 radical (unpaired) electrons. The summed E-state index contributed by atoms with van der Waals surface area (Å²) in [6.45, 7) is 5.80. The van der Waals surface area contributed by atoms with E-state index >= 15 is 0 Å². The molecule has 0 saturated heterocycles. The highest BCUT2D eigenvalue weighted by Gasteiger charge is 2.16. The van der Waals surface area contributed by atoms with Crippen LogP contribution in [0.4, 0.5) is 26.2 Å². The predicted molar refractivity (Wildman–Crippen MR) is 144 cm³/mol. The van der Waals surface area contributed by atoms with E-state index in [9.17, 15) is 19.2 Å². The van der Waals surface area contributed by atoms with Gasteiger partial charge in [0.1, 0.15) is 17.6 Å². The number of carbonyl (C=O) groups excluding carboxylic acids is 2. The molecule has 2 aromatic carbocycles. The minimum atomic E-state index is -0.570. The minimum absolute atomic E-state index is 0.0756. The first-order chi connectivity index (χ1) is 18.1. The standard InChI is InChI=1S/C27H27ClFN5O4/c1-5-37-24-13-22-19(12-23(24)33-25(35)7-6-10-34(4)27(36)38-16(2)3)26(17(14-30)15-31-22)32-18-8-9-21(29)20(28)11-18/h6-9,11-13,15-16H,5,10H2,1-4H3,(H,31,32)(H,33,35)/b7-6+. The van der Waals surface area contributed by atoms with Crippen LogP contribution in [0, 0.1) is 17.1 Å². The topological polar surface area (TPSA) is 117 Å². The van der Waals surface area contributed by atoms with Crippen LogP contribution >= 0.6 is 11.6 Å². The first-order valence-electron chi connectivity index (χ1n) is 11.7. The third-order valence-corrected chi connectivity index (χ3v) is 5.42. The molecule has 9 nitrogen and oxygen atoms in total. The van der Waals surface area contributed by atoms with Crippen LogP contribution in [0.15, 0.2) is 48.7 Å². The van der Waals surface area contributed by atoms with E-state index in [-0.39, 0.29) is 23.2 Å². The maximum Gasteiger partial charge on any atom is 0.410 e. The van der Waals surface area contributed by atoms with Gasteiger partial charge >= 0.3 is 6.09 Å². The van der Waals surface area contributed by atoms with E-state index in [1.807, 2.05) is 0 Å². The van der Waals surface area contributed by atoms with E-state index in [4.69, 9.17) is 21.1 Å². The fourth-order valence-corrected chi connectivity index (χ4v) is 3.57. The molecule has 3 rings (SSSR count). The van der Waals surface area contributed by atoms with Crippen molar-refractivity contribution < 1.29 is 23.5 Å². The number of hydrogen-bond donors (Lipinski definition) is 2. The largest absolute Gasteiger partial charge is 0.492 e. The average molecular weight is 540 g/mol. The van der Waals surface area contributed by atoms with Crippen LogP contribution in [-0.2, 0) is 9.53 Å². The number of benzene rings is 2. The van der Waals surface area contributed by atoms with Crippen LogP contribution in [-0.4, -0.2) is 48.2 Å². The van der Waals surface area contributed by atoms with Gasteiger partial charge in [-0.3, -0.25) is 9.78 Å². The van der Waals surface area contributed by atoms with Crippen LogP contribution in [0.3, 0.4) is 0 Å². The molecule has 2 N–H and O–H groups in total. The summed E-state index contributed by atoms with van der Waals surface area (Å²) in [6, 6.07) is 9.49. The zero-order chi connectivity index (χ0) is 27.8. The van der Waals surface area contributed by atoms with E-state index in [0.717, 1.165) is 0 Å². The number of carbonyl (C=O) groups is 2. The van der Waals surface area contributed by atoms with Crippen molar-refractivity contribution in [3.8, 4) is 11.8 Å². The average Bonchev–Trinajstić information content (AvgIpc) is 2.86. The van der Waals surface area contributed by atoms with Gasteiger partial charge in [0.25, 0.3) is 0 Å². The maximum atomic E-state index is 13.6. The van der Waals surface area contributed by atoms with Crippen molar-refractivity contribution in [2.24, 2.45) is 0 Å². The van der Waals surface area contributed by atoms with Gasteiger partial charge in [0.05, 0.1) is 40.2 Å². The highest BCUT2D eigenvalue weighted by molar-refractivity contribution is 6.31. The molecule has 0 aliphatic carbocycles. The quantitative estimate of drug-likeness (QED) is 0.320. The molecule has 0 spiro atoms. The Hall–Kier alpha value is -4.36. The van der Waals surface area contributed by atoms with Crippen molar-refractivity contribution in [1.29, 1.82) is 5.26 Å². The van der Waals surface area contributed by atoms with Crippen molar-refractivity contribution in [3.05, 3.63) is 65.1 Å². The van der Waals surface area contributed by atoms with Gasteiger partial charge in [0.2, 0.25) is 5.91 Å². The molecule has 0 atom stereocenters. The normalized spacial score (nSPS) is 10.9. The Morgan fingerprint density at radius 3 is 2.71 bits per heavy atom. The van der Waals surface area contributed by atoms with Gasteiger partial charge in [0, 0.05) is 43.0 Å². The third-order valence-electron chi connectivity index (χ3n) is 5.13. The summed E-state index contributed by atoms with van der Waals surface area (Å²) >= 11 is 5.92. The Morgan fingerprint density at radius 1 is 1.29 bits per heavy atom. The second-order valence-corrected chi connectivity index (χ2v) is 8.82. The number of amides is 2. The molecular weight excluding hydrogens is 513 g/mol. The summed E-state index contributed by atoms with van der Waals surface area (Å²) in [5.41, 5.74) is 1.94. The number of aromatic nitrogens is 1. The molecule has 0 fully saturated rings. The first-order valence-corrected chi connectivity index (χ1v) is 12.1. The van der Waals surface area contributed by atoms with Gasteiger partial charge in [0.15, 0.2) is 0 Å². The van der Waals surface area contributed by atoms with Crippen molar-refractivity contribution >= 4 is 51.6 Å². The third kappa shape index (κ3) is 7.11. The molecule has 38 heavy (non-hydrogen) atoms. The lowest BCUT2D eigenvalue weighted by Crippen LogP contribution is -2.29. The summed E-state index contributed by atoms with van der Waals surface area (Å²) in [7, 11) is 1.56. The minimum Gasteiger partial charge on any atom is -0.492 e. The van der Waals surface area contributed by atoms with E-state index in [1.165, 1.54) is 41.4 Å². The number of nitriles is 1. The zero-order valence-corrected chi connectivity index (χ0v) is 22.1. The lowest BCUT2D eigenvalue weighted by Gasteiger charge is -2.17. The molecule has 1 heterocycles. The van der Waals surface area contributed by atoms with Gasteiger partial charge in [-0.1, -0.05) is 17.7 Å². The Bertz CT molecular complexity index is 1420. The molecule has 198 valence electrons. The van der Waals surface area contributed by atoms with Crippen LogP contribution < -0.4 is 15.4 Å². The fraction of sp³-hybridized carbons (Fsp3) is 0.259. The summed E-state index contributed by atoms with van der Waals surface area (Å²) in [4.78, 5) is 30.3. The van der Waals surface area contributed by atoms with Gasteiger partial charge in [-0.05, 0) is 45.0 Å². The molecule has 0 aliphatic heterocycles. The monoisotopic (exact) mass is 539 g/mol. The number of halogens is 2. The van der Waals surface area contributed by atoms with Crippen molar-refractivity contribution in [1.82, 2.24) is 9.88 Å². The van der Waals surface area contributed by atoms with E-state index in [1.54, 1.807) is 40.0 Å². The zero-order valence-electron chi connectivity index (χ0n) is 21.3. The van der Waals surface area contributed by atoms with Crippen molar-refractivity contribution in [3.63, 3.8) is 0 Å². The Kier molecular flexibility index (Phi) is 9.46. The van der Waals surface area contributed by atoms with Crippen molar-refractivity contribution in [2.45, 2.75) is 26.9 Å². The molecule has 0 unspecified atom stereocenters. The molecular formula is C27H27ClFN5O4. The predicted octanol–water partition coefficient (Wildman–Crippen LogP) is 6.01. The van der Waals surface area contributed by atoms with Crippen LogP contribution in [0.2, 0.25) is 5.02 Å². The molecule has 0 bridgehead atoms. The lowest BCUT2D eigenvalue weighted by molar-refractivity contribution is -0.111. The second kappa shape index (κ2) is 12.7. The van der Waals surface area contributed by atoms with E-state index in [0.29, 0.717) is 40.3 Å². The van der Waals surface area contributed by atoms with Crippen LogP contribution in [0.25, 0.3) is 10.9 Å². The van der Waals surface area contributed by atoms with Gasteiger partial charge in [-0.15, -0.1) is 0 Å². The number of anilines is 3. The fourth-order valence-electron chi connectivity index (χ4n) is 3.39. The van der Waals surface area contributed by atoms with Crippen LogP contribution in [0.5, 0.6) is 5.75 Å². The second-order valence-electron chi connectivity index (χ2n) is 8.42. The van der Waals surface area contributed by atoms with Gasteiger partial charge < -0.3 is 25.0 Å². The summed E-state index contributed by atoms with van der Waals surface area (Å²) in [6.07, 6.45) is 3.48. The number of likely N-dealkylation sites (N-methyl/N-ethyl adjacent to an activating group) is 1. The molecule has 2 amide bonds. The number of nitrogens with one attached hydrogen (secondary N) is 2. The smallest absolute Gasteiger partial charge is 0.410 e. The first kappa shape index (κ1) is 28.2. The Labute approximate surface area is 224 Å². The number of fused-ring (bicyclic) bond motifs is 1. The summed E-state index contributed by atoms with van der Waals surface area (Å²) in [5.74, 6) is -0.646. The van der Waals surface area contributed by atoms with Crippen LogP contribution in [0.1, 0.15) is 26.3 Å². The number of hydrogen-bond acceptors (Lipinski definition) is 7. The number of nitrogens with zero attached hydrogens (tertiary/aromatic N) is 3. The van der Waals surface area contributed by atoms with Gasteiger partial charge in [-0.25, -0.2) is 9.18 Å². The summed E-state index contributed by atoms with van der Waals surface area (Å²) < 4.78 is 24.5. The lowest BCUT2D eigenvalue weighted by atomic mass is 10.1. The highest BCUT2D eigenvalue weighted by atomic mass is 35.5. The van der Waals surface area contributed by atoms with E-state index < -0.39 is 17.8 Å². The van der Waals surface area contributed by atoms with Crippen molar-refractivity contribution in [2.75, 3.05) is 30.8 Å². The van der Waals surface area contributed by atoms with E-state index in [2.05, 4.69) is 21.7 Å². The summed E-state index contributed by atoms with van der Waals surface area (Å²) in [5, 5.41) is 16.0. The Balaban J connectivity index is 1.92. The SMILES string of the molecule is CCOc1cc2ncc(C#N)c(Nc3ccc(F)c(Cl)c3)c2cc1NC(=O)/C=C/CN(C)C(=O)OC(C)C. The molecule has 11 heteroatoms. The maximum absolute atomic E-state index is 13.6. The highest BCUT2D eigenvalue weighted by Crippen LogP contribution is 2.36.